The smallest absolute Gasteiger partial charge is 0.306 e. The summed E-state index contributed by atoms with van der Waals surface area (Å²) in [6.45, 7) is 3.37. The van der Waals surface area contributed by atoms with Crippen molar-refractivity contribution in [2.45, 2.75) is 191 Å². The Hall–Kier alpha value is -2.05. The number of aliphatic hydroxyl groups excluding tert-OH is 7. The van der Waals surface area contributed by atoms with E-state index in [0.717, 1.165) is 57.8 Å². The monoisotopic (exact) mass is 829 g/mol. The quantitative estimate of drug-likeness (QED) is 0.0284. The third-order valence-electron chi connectivity index (χ3n) is 10.1. The van der Waals surface area contributed by atoms with Crippen molar-refractivity contribution < 1.29 is 69.0 Å². The molecule has 0 amide bonds. The number of rotatable bonds is 32. The number of aliphatic hydroxyl groups is 7. The van der Waals surface area contributed by atoms with Crippen LogP contribution in [-0.2, 0) is 33.2 Å². The molecule has 0 bridgehead atoms. The van der Waals surface area contributed by atoms with Crippen molar-refractivity contribution in [3.05, 3.63) is 48.6 Å². The van der Waals surface area contributed by atoms with E-state index in [4.69, 9.17) is 28.4 Å². The SMILES string of the molecule is CC/C=C\C/C=C\C/C=C\C/C=C\CCCOCC(COC1OC(COC2OC(CO)C(O)C(O)C2O)C(O)C(O)C1O)OC(=O)CCCCCCCCCCCC. The number of hydrogen-bond donors (Lipinski definition) is 7. The van der Waals surface area contributed by atoms with Crippen LogP contribution in [0, 0.1) is 0 Å². The maximum atomic E-state index is 12.9. The number of carbonyl (C=O) groups excluding carboxylic acids is 1. The molecule has 58 heavy (non-hydrogen) atoms. The minimum Gasteiger partial charge on any atom is -0.457 e. The van der Waals surface area contributed by atoms with Crippen molar-refractivity contribution in [2.24, 2.45) is 0 Å². The van der Waals surface area contributed by atoms with Gasteiger partial charge in [0.25, 0.3) is 0 Å². The molecule has 11 unspecified atom stereocenters. The summed E-state index contributed by atoms with van der Waals surface area (Å²) in [4.78, 5) is 12.9. The Balaban J connectivity index is 1.86. The number of allylic oxidation sites excluding steroid dienone is 8. The summed E-state index contributed by atoms with van der Waals surface area (Å²) >= 11 is 0. The molecule has 0 aromatic heterocycles. The van der Waals surface area contributed by atoms with Crippen LogP contribution in [0.1, 0.15) is 123 Å². The molecule has 0 spiro atoms. The molecule has 2 aliphatic rings. The lowest BCUT2D eigenvalue weighted by Crippen LogP contribution is -2.61. The third kappa shape index (κ3) is 21.5. The average molecular weight is 829 g/mol. The zero-order valence-corrected chi connectivity index (χ0v) is 35.0. The molecule has 2 rings (SSSR count). The fourth-order valence-electron chi connectivity index (χ4n) is 6.52. The van der Waals surface area contributed by atoms with Gasteiger partial charge < -0.3 is 64.2 Å². The molecule has 7 N–H and O–H groups in total. The van der Waals surface area contributed by atoms with E-state index in [-0.39, 0.29) is 19.6 Å². The second kappa shape index (κ2) is 32.7. The van der Waals surface area contributed by atoms with Gasteiger partial charge in [0.2, 0.25) is 0 Å². The van der Waals surface area contributed by atoms with Crippen LogP contribution in [-0.4, -0.2) is 142 Å². The minimum absolute atomic E-state index is 0.0234. The molecular formula is C44H76O14. The number of carbonyl (C=O) groups is 1. The van der Waals surface area contributed by atoms with Gasteiger partial charge in [-0.15, -0.1) is 0 Å². The van der Waals surface area contributed by atoms with Gasteiger partial charge in [-0.2, -0.15) is 0 Å². The Kier molecular flexibility index (Phi) is 29.4. The van der Waals surface area contributed by atoms with Crippen LogP contribution >= 0.6 is 0 Å². The molecule has 2 heterocycles. The van der Waals surface area contributed by atoms with E-state index in [0.29, 0.717) is 13.0 Å². The lowest BCUT2D eigenvalue weighted by Gasteiger charge is -2.42. The van der Waals surface area contributed by atoms with Crippen molar-refractivity contribution in [3.63, 3.8) is 0 Å². The summed E-state index contributed by atoms with van der Waals surface area (Å²) in [5, 5.41) is 71.8. The van der Waals surface area contributed by atoms with Gasteiger partial charge in [0.05, 0.1) is 26.4 Å². The number of unbranched alkanes of at least 4 members (excludes halogenated alkanes) is 10. The molecule has 0 saturated carbocycles. The van der Waals surface area contributed by atoms with Gasteiger partial charge >= 0.3 is 5.97 Å². The highest BCUT2D eigenvalue weighted by Gasteiger charge is 2.47. The van der Waals surface area contributed by atoms with E-state index in [1.807, 2.05) is 0 Å². The first-order valence-electron chi connectivity index (χ1n) is 21.7. The first-order chi connectivity index (χ1) is 28.1. The van der Waals surface area contributed by atoms with E-state index in [1.165, 1.54) is 38.5 Å². The minimum atomic E-state index is -1.71. The first kappa shape index (κ1) is 52.1. The summed E-state index contributed by atoms with van der Waals surface area (Å²) in [5.41, 5.74) is 0. The third-order valence-corrected chi connectivity index (χ3v) is 10.1. The van der Waals surface area contributed by atoms with Gasteiger partial charge in [0, 0.05) is 13.0 Å². The molecule has 14 nitrogen and oxygen atoms in total. The van der Waals surface area contributed by atoms with Crippen LogP contribution < -0.4 is 0 Å². The van der Waals surface area contributed by atoms with E-state index < -0.39 is 86.7 Å². The summed E-state index contributed by atoms with van der Waals surface area (Å²) in [6.07, 6.45) is 17.8. The molecular weight excluding hydrogens is 752 g/mol. The van der Waals surface area contributed by atoms with E-state index in [1.54, 1.807) is 0 Å². The molecule has 2 saturated heterocycles. The highest BCUT2D eigenvalue weighted by Crippen LogP contribution is 2.26. The Bertz CT molecular complexity index is 1150. The van der Waals surface area contributed by atoms with Gasteiger partial charge in [0.15, 0.2) is 12.6 Å². The van der Waals surface area contributed by atoms with Gasteiger partial charge in [-0.3, -0.25) is 4.79 Å². The molecule has 14 heteroatoms. The van der Waals surface area contributed by atoms with E-state index in [9.17, 15) is 40.5 Å². The maximum Gasteiger partial charge on any atom is 0.306 e. The van der Waals surface area contributed by atoms with E-state index in [2.05, 4.69) is 62.5 Å². The van der Waals surface area contributed by atoms with Crippen molar-refractivity contribution >= 4 is 5.97 Å². The van der Waals surface area contributed by atoms with Crippen LogP contribution in [0.15, 0.2) is 48.6 Å². The first-order valence-corrected chi connectivity index (χ1v) is 21.7. The molecule has 0 aromatic rings. The standard InChI is InChI=1S/C44H76O14/c1-3-5-7-9-11-13-15-16-17-18-20-22-24-26-28-53-30-33(56-36(46)27-25-23-21-19-14-12-10-8-6-4-2)31-54-43-42(52)40(50)38(48)35(58-43)32-55-44-41(51)39(49)37(47)34(29-45)57-44/h5,7,11,13,16-17,20,22,33-35,37-45,47-52H,3-4,6,8-10,12,14-15,18-19,21,23-32H2,1-2H3/b7-5-,13-11-,17-16-,22-20-. The fraction of sp³-hybridized carbons (Fsp3) is 0.795. The van der Waals surface area contributed by atoms with Gasteiger partial charge in [-0.1, -0.05) is 120 Å². The zero-order valence-electron chi connectivity index (χ0n) is 35.0. The molecule has 0 aromatic carbocycles. The molecule has 2 aliphatic heterocycles. The Morgan fingerprint density at radius 3 is 1.69 bits per heavy atom. The summed E-state index contributed by atoms with van der Waals surface area (Å²) in [7, 11) is 0. The molecule has 0 aliphatic carbocycles. The summed E-state index contributed by atoms with van der Waals surface area (Å²) < 4.78 is 34.0. The number of esters is 1. The topological polar surface area (TPSA) is 214 Å². The Morgan fingerprint density at radius 2 is 1.10 bits per heavy atom. The predicted octanol–water partition coefficient (Wildman–Crippen LogP) is 4.45. The van der Waals surface area contributed by atoms with Gasteiger partial charge in [-0.25, -0.2) is 0 Å². The lowest BCUT2D eigenvalue weighted by molar-refractivity contribution is -0.332. The molecule has 0 radical (unpaired) electrons. The van der Waals surface area contributed by atoms with Crippen LogP contribution in [0.4, 0.5) is 0 Å². The number of ether oxygens (including phenoxy) is 6. The second-order valence-electron chi connectivity index (χ2n) is 15.1. The zero-order chi connectivity index (χ0) is 42.4. The van der Waals surface area contributed by atoms with Crippen molar-refractivity contribution in [1.29, 1.82) is 0 Å². The molecule has 336 valence electrons. The normalized spacial score (nSPS) is 28.7. The van der Waals surface area contributed by atoms with Crippen molar-refractivity contribution in [2.75, 3.05) is 33.0 Å². The van der Waals surface area contributed by atoms with Crippen molar-refractivity contribution in [1.82, 2.24) is 0 Å². The number of hydrogen-bond acceptors (Lipinski definition) is 14. The van der Waals surface area contributed by atoms with Crippen molar-refractivity contribution in [3.8, 4) is 0 Å². The summed E-state index contributed by atoms with van der Waals surface area (Å²) in [6, 6.07) is 0. The molecule has 11 atom stereocenters. The highest BCUT2D eigenvalue weighted by molar-refractivity contribution is 5.69. The lowest BCUT2D eigenvalue weighted by atomic mass is 9.98. The largest absolute Gasteiger partial charge is 0.457 e. The van der Waals surface area contributed by atoms with Crippen LogP contribution in [0.5, 0.6) is 0 Å². The predicted molar refractivity (Wildman–Crippen MR) is 219 cm³/mol. The van der Waals surface area contributed by atoms with E-state index >= 15 is 0 Å². The average Bonchev–Trinajstić information content (AvgIpc) is 3.22. The van der Waals surface area contributed by atoms with Crippen LogP contribution in [0.25, 0.3) is 0 Å². The van der Waals surface area contributed by atoms with Gasteiger partial charge in [-0.05, 0) is 44.9 Å². The summed E-state index contributed by atoms with van der Waals surface area (Å²) in [5.74, 6) is -0.400. The Labute approximate surface area is 346 Å². The molecule has 2 fully saturated rings. The fourth-order valence-corrected chi connectivity index (χ4v) is 6.52. The van der Waals surface area contributed by atoms with Crippen LogP contribution in [0.2, 0.25) is 0 Å². The van der Waals surface area contributed by atoms with Crippen LogP contribution in [0.3, 0.4) is 0 Å². The maximum absolute atomic E-state index is 12.9. The highest BCUT2D eigenvalue weighted by atomic mass is 16.7. The Morgan fingerprint density at radius 1 is 0.586 bits per heavy atom. The second-order valence-corrected chi connectivity index (χ2v) is 15.1. The van der Waals surface area contributed by atoms with Gasteiger partial charge in [0.1, 0.15) is 54.9 Å².